The van der Waals surface area contributed by atoms with Gasteiger partial charge in [-0.2, -0.15) is 0 Å². The molecule has 5 aliphatic heterocycles. The highest BCUT2D eigenvalue weighted by atomic mass is 127. The lowest BCUT2D eigenvalue weighted by Gasteiger charge is -2.13. The summed E-state index contributed by atoms with van der Waals surface area (Å²) in [7, 11) is 0. The fraction of sp³-hybridized carbons (Fsp3) is 0.0684. The number of benzene rings is 9. The molecule has 0 bridgehead atoms. The van der Waals surface area contributed by atoms with E-state index in [9.17, 15) is 14.5 Å². The molecule has 24 nitrogen and oxygen atoms in total. The standard InChI is InChI=1S/C24H16FN3O.C24H17N3O.C23H14IN3O.C23H14N4O3.C23H16N4O/c1-3-16-10-11-20-18(13-16)22(17-7-4-5-8-19(17)25)27-15(2)24-23(26-14-28(20)24)21-9-6-12-29-21;1-3-17-11-12-20-19(14-17)22(18-8-5-4-6-9-18)26-16(2)24-23(25-15-27(20)24)21-10-7-13-28-21;1-2-15-9-10-19-17(12-15)22(16-6-3-4-7-18(16)24)25-13-20-23(26-14-27(19)20)21-8-5-11-28-21;1-2-15-9-10-18-17(12-15)22(16-6-3-4-7-19(16)27(28)29)24-13-20-23(25-14-26(18)20)21-8-5-11-30-21;1-3-16-9-10-19-17(13-16)21(18-7-4-5-11-24-18)26-15(2)23-22(25-14-27(19)23)20-8-6-12-28-20/h1,4-15H,2H3;1,4-16H,2H3;1,3-12,14H,13H2;1,3-12,14H,13H2;1,4-15H,2H3/t15-;16-;;;15-/m11..1/s1. The van der Waals surface area contributed by atoms with Crippen LogP contribution >= 0.6 is 22.6 Å². The average molecular weight is 1980 g/mol. The lowest BCUT2D eigenvalue weighted by molar-refractivity contribution is -0.385. The normalized spacial score (nSPS) is 14.0. The molecule has 0 saturated carbocycles. The van der Waals surface area contributed by atoms with Gasteiger partial charge in [0.05, 0.1) is 164 Å². The van der Waals surface area contributed by atoms with E-state index in [-0.39, 0.29) is 36.2 Å². The van der Waals surface area contributed by atoms with Gasteiger partial charge in [-0.3, -0.25) is 62.9 Å². The van der Waals surface area contributed by atoms with Gasteiger partial charge in [0, 0.05) is 88.2 Å². The first-order chi connectivity index (χ1) is 70.1. The molecular formula is C117H77FIN17O7. The van der Waals surface area contributed by atoms with Crippen LogP contribution in [0.15, 0.2) is 389 Å². The molecular weight excluding hydrogens is 1900 g/mol. The molecule has 3 atom stereocenters. The number of aliphatic imine (C=N–C) groups is 5. The second kappa shape index (κ2) is 39.1. The van der Waals surface area contributed by atoms with E-state index in [0.717, 1.165) is 168 Å². The van der Waals surface area contributed by atoms with E-state index in [1.807, 2.05) is 229 Å². The fourth-order valence-corrected chi connectivity index (χ4v) is 18.9. The second-order valence-electron chi connectivity index (χ2n) is 33.2. The van der Waals surface area contributed by atoms with Crippen LogP contribution in [-0.4, -0.2) is 86.2 Å². The van der Waals surface area contributed by atoms with Crippen molar-refractivity contribution in [1.29, 1.82) is 0 Å². The number of terminal acetylenes is 5. The Bertz CT molecular complexity index is 8510. The van der Waals surface area contributed by atoms with Gasteiger partial charge >= 0.3 is 0 Å². The maximum absolute atomic E-state index is 14.7. The van der Waals surface area contributed by atoms with E-state index in [1.165, 1.54) is 12.1 Å². The maximum Gasteiger partial charge on any atom is 0.278 e. The quantitative estimate of drug-likeness (QED) is 0.0505. The number of nitro groups is 1. The summed E-state index contributed by atoms with van der Waals surface area (Å²) in [5, 5.41) is 11.7. The first-order valence-electron chi connectivity index (χ1n) is 45.3. The van der Waals surface area contributed by atoms with Crippen molar-refractivity contribution in [2.45, 2.75) is 52.0 Å². The number of hydrogen-bond acceptors (Lipinski definition) is 18. The van der Waals surface area contributed by atoms with Crippen molar-refractivity contribution < 1.29 is 31.4 Å². The molecule has 26 heteroatoms. The Kier molecular flexibility index (Phi) is 24.7. The number of hydrogen-bond donors (Lipinski definition) is 0. The Morgan fingerprint density at radius 2 is 0.678 bits per heavy atom. The summed E-state index contributed by atoms with van der Waals surface area (Å²) >= 11 is 2.35. The van der Waals surface area contributed by atoms with Crippen LogP contribution in [0.3, 0.4) is 0 Å². The van der Waals surface area contributed by atoms with Gasteiger partial charge in [0.2, 0.25) is 0 Å². The molecule has 143 heavy (non-hydrogen) atoms. The summed E-state index contributed by atoms with van der Waals surface area (Å²) in [4.78, 5) is 63.5. The Balaban J connectivity index is 0.000000106. The molecule has 16 heterocycles. The smallest absolute Gasteiger partial charge is 0.278 e. The van der Waals surface area contributed by atoms with Gasteiger partial charge in [-0.05, 0) is 231 Å². The van der Waals surface area contributed by atoms with E-state index in [2.05, 4.69) is 134 Å². The number of nitro benzene ring substituents is 1. The summed E-state index contributed by atoms with van der Waals surface area (Å²) in [5.74, 6) is 16.6. The molecule has 11 aromatic heterocycles. The van der Waals surface area contributed by atoms with Crippen molar-refractivity contribution >= 4 is 56.8 Å². The number of para-hydroxylation sites is 1. The second-order valence-corrected chi connectivity index (χ2v) is 34.4. The predicted octanol–water partition coefficient (Wildman–Crippen LogP) is 24.1. The highest BCUT2D eigenvalue weighted by molar-refractivity contribution is 14.1. The van der Waals surface area contributed by atoms with E-state index in [1.54, 1.807) is 92.6 Å². The molecule has 0 N–H and O–H groups in total. The highest BCUT2D eigenvalue weighted by Gasteiger charge is 2.35. The first kappa shape index (κ1) is 90.3. The van der Waals surface area contributed by atoms with E-state index < -0.39 is 4.92 Å². The summed E-state index contributed by atoms with van der Waals surface area (Å²) < 4.78 is 53.9. The number of nitrogens with zero attached hydrogens (tertiary/aromatic N) is 17. The topological polar surface area (TPSA) is 273 Å². The minimum Gasteiger partial charge on any atom is -0.463 e. The van der Waals surface area contributed by atoms with E-state index >= 15 is 0 Å². The van der Waals surface area contributed by atoms with Crippen LogP contribution < -0.4 is 0 Å². The third kappa shape index (κ3) is 17.2. The molecule has 5 aliphatic rings. The lowest BCUT2D eigenvalue weighted by atomic mass is 9.97. The number of aromatic nitrogens is 11. The maximum atomic E-state index is 14.7. The molecule has 0 radical (unpaired) electrons. The van der Waals surface area contributed by atoms with Gasteiger partial charge < -0.3 is 22.1 Å². The van der Waals surface area contributed by atoms with Crippen molar-refractivity contribution in [3.05, 3.63) is 474 Å². The first-order valence-corrected chi connectivity index (χ1v) is 46.3. The number of furan rings is 5. The summed E-state index contributed by atoms with van der Waals surface area (Å²) in [6.07, 6.45) is 47.1. The van der Waals surface area contributed by atoms with Crippen molar-refractivity contribution in [1.82, 2.24) is 52.7 Å². The van der Waals surface area contributed by atoms with Gasteiger partial charge in [0.1, 0.15) is 65.9 Å². The van der Waals surface area contributed by atoms with Crippen LogP contribution in [-0.2, 0) is 13.1 Å². The van der Waals surface area contributed by atoms with Gasteiger partial charge in [-0.15, -0.1) is 32.1 Å². The highest BCUT2D eigenvalue weighted by Crippen LogP contribution is 2.44. The van der Waals surface area contributed by atoms with Gasteiger partial charge in [-0.1, -0.05) is 108 Å². The Morgan fingerprint density at radius 3 is 1.08 bits per heavy atom. The fourth-order valence-electron chi connectivity index (χ4n) is 18.3. The van der Waals surface area contributed by atoms with Crippen molar-refractivity contribution in [2.24, 2.45) is 25.0 Å². The Labute approximate surface area is 833 Å². The third-order valence-corrected chi connectivity index (χ3v) is 25.7. The van der Waals surface area contributed by atoms with Gasteiger partial charge in [0.25, 0.3) is 5.69 Å². The zero-order valence-corrected chi connectivity index (χ0v) is 78.7. The van der Waals surface area contributed by atoms with Crippen LogP contribution in [0.1, 0.15) is 151 Å². The van der Waals surface area contributed by atoms with Crippen molar-refractivity contribution in [2.75, 3.05) is 0 Å². The summed E-state index contributed by atoms with van der Waals surface area (Å²) in [5.41, 5.74) is 28.9. The monoisotopic (exact) mass is 1980 g/mol. The van der Waals surface area contributed by atoms with Crippen molar-refractivity contribution in [3.63, 3.8) is 0 Å². The van der Waals surface area contributed by atoms with E-state index in [0.29, 0.717) is 68.7 Å². The minimum atomic E-state index is -0.399. The van der Waals surface area contributed by atoms with Crippen LogP contribution in [0.2, 0.25) is 0 Å². The summed E-state index contributed by atoms with van der Waals surface area (Å²) in [6.45, 7) is 6.87. The largest absolute Gasteiger partial charge is 0.463 e. The lowest BCUT2D eigenvalue weighted by Crippen LogP contribution is -2.09. The Morgan fingerprint density at radius 1 is 0.343 bits per heavy atom. The third-order valence-electron chi connectivity index (χ3n) is 24.8. The number of fused-ring (bicyclic) bond motifs is 15. The number of imidazole rings is 5. The SMILES string of the molecule is C#Cc1ccc2c(c1)C(c1ccccc1)=N[C@H](C)c1c(-c3ccco3)ncn1-2.C#Cc1ccc2c(c1)C(c1ccccc1F)=N[C@H](C)c1c(-c3ccco3)ncn1-2.C#Cc1ccc2c(c1)C(c1ccccc1I)=NCc1c(-c3ccco3)ncn1-2.C#Cc1ccc2c(c1)C(c1ccccc1[N+](=O)[O-])=NCc1c(-c3ccco3)ncn1-2.C#Cc1ccc2c(c1)C(c1ccccn1)=N[C@H](C)c1c(-c3ccco3)ncn1-2. The zero-order valence-electron chi connectivity index (χ0n) is 76.6. The molecule has 686 valence electrons. The van der Waals surface area contributed by atoms with Gasteiger partial charge in [-0.25, -0.2) is 29.3 Å². The number of pyridine rings is 1. The molecule has 0 fully saturated rings. The van der Waals surface area contributed by atoms with Crippen LogP contribution in [0.4, 0.5) is 10.1 Å². The molecule has 0 aliphatic carbocycles. The molecule has 25 rings (SSSR count). The van der Waals surface area contributed by atoms with E-state index in [4.69, 9.17) is 79.2 Å². The predicted molar refractivity (Wildman–Crippen MR) is 556 cm³/mol. The van der Waals surface area contributed by atoms with Crippen LogP contribution in [0.5, 0.6) is 0 Å². The Hall–Kier alpha value is -19.2. The van der Waals surface area contributed by atoms with Crippen LogP contribution in [0.25, 0.3) is 85.7 Å². The summed E-state index contributed by atoms with van der Waals surface area (Å²) in [6, 6.07) is 84.8. The number of halogens is 2. The molecule has 0 amide bonds. The molecule has 9 aromatic carbocycles. The molecule has 0 spiro atoms. The van der Waals surface area contributed by atoms with Crippen LogP contribution in [0, 0.1) is 81.2 Å². The average Bonchev–Trinajstić information content (AvgIpc) is 1.60. The molecule has 0 unspecified atom stereocenters. The molecule has 0 saturated heterocycles. The van der Waals surface area contributed by atoms with Crippen molar-refractivity contribution in [3.8, 4) is 147 Å². The molecule has 20 aromatic rings. The number of rotatable bonds is 11. The zero-order chi connectivity index (χ0) is 97.9. The van der Waals surface area contributed by atoms with Gasteiger partial charge in [0.15, 0.2) is 28.8 Å². The minimum absolute atomic E-state index is 0.00993.